The van der Waals surface area contributed by atoms with Crippen molar-refractivity contribution in [1.29, 1.82) is 0 Å². The third-order valence-electron chi connectivity index (χ3n) is 2.64. The molecule has 1 aromatic rings. The van der Waals surface area contributed by atoms with Crippen molar-refractivity contribution in [2.75, 3.05) is 24.5 Å². The van der Waals surface area contributed by atoms with Crippen molar-refractivity contribution in [3.63, 3.8) is 0 Å². The number of nitrogens with zero attached hydrogens (tertiary/aromatic N) is 2. The molecule has 1 aliphatic rings. The molecule has 2 rings (SSSR count). The average molecular weight is 373 g/mol. The summed E-state index contributed by atoms with van der Waals surface area (Å²) in [5, 5.41) is 3.32. The second-order valence-corrected chi connectivity index (χ2v) is 5.59. The van der Waals surface area contributed by atoms with Crippen molar-refractivity contribution < 1.29 is 0 Å². The van der Waals surface area contributed by atoms with Crippen molar-refractivity contribution >= 4 is 43.5 Å². The van der Waals surface area contributed by atoms with Crippen molar-refractivity contribution in [3.05, 3.63) is 39.3 Å². The molecule has 0 atom stereocenters. The summed E-state index contributed by atoms with van der Waals surface area (Å²) < 4.78 is 2.11. The molecular weight excluding hydrogens is 358 g/mol. The molecule has 3 nitrogen and oxygen atoms in total. The monoisotopic (exact) mass is 371 g/mol. The fourth-order valence-electron chi connectivity index (χ4n) is 1.81. The van der Waals surface area contributed by atoms with Crippen LogP contribution in [0.5, 0.6) is 0 Å². The number of hydrogen-bond donors (Lipinski definition) is 1. The van der Waals surface area contributed by atoms with Gasteiger partial charge in [0.2, 0.25) is 0 Å². The molecule has 0 aliphatic carbocycles. The topological polar surface area (TPSA) is 27.6 Å². The molecule has 0 aromatic heterocycles. The van der Waals surface area contributed by atoms with E-state index in [4.69, 9.17) is 0 Å². The van der Waals surface area contributed by atoms with E-state index < -0.39 is 0 Å². The number of guanidine groups is 1. The van der Waals surface area contributed by atoms with Crippen molar-refractivity contribution in [2.24, 2.45) is 4.99 Å². The largest absolute Gasteiger partial charge is 0.354 e. The van der Waals surface area contributed by atoms with Gasteiger partial charge in [0.1, 0.15) is 0 Å². The molecular formula is C13H15Br2N3. The minimum absolute atomic E-state index is 0.795. The fourth-order valence-corrected chi connectivity index (χ4v) is 3.23. The normalized spacial score (nSPS) is 14.7. The van der Waals surface area contributed by atoms with Gasteiger partial charge in [0.05, 0.1) is 12.2 Å². The molecule has 0 fully saturated rings. The lowest BCUT2D eigenvalue weighted by atomic mass is 10.3. The summed E-state index contributed by atoms with van der Waals surface area (Å²) in [6, 6.07) is 6.09. The zero-order chi connectivity index (χ0) is 13.0. The first-order chi connectivity index (χ1) is 8.74. The van der Waals surface area contributed by atoms with Gasteiger partial charge < -0.3 is 10.2 Å². The highest BCUT2D eigenvalue weighted by atomic mass is 79.9. The van der Waals surface area contributed by atoms with E-state index in [9.17, 15) is 0 Å². The lowest BCUT2D eigenvalue weighted by Crippen LogP contribution is -2.39. The molecule has 0 bridgehead atoms. The smallest absolute Gasteiger partial charge is 0.198 e. The molecule has 1 N–H and O–H groups in total. The number of allylic oxidation sites excluding steroid dienone is 1. The van der Waals surface area contributed by atoms with Crippen LogP contribution in [0, 0.1) is 0 Å². The summed E-state index contributed by atoms with van der Waals surface area (Å²) in [6.45, 7) is 4.56. The number of halogens is 2. The third kappa shape index (κ3) is 2.95. The summed E-state index contributed by atoms with van der Waals surface area (Å²) >= 11 is 7.22. The molecule has 0 spiro atoms. The zero-order valence-corrected chi connectivity index (χ0v) is 13.3. The number of para-hydroxylation sites is 1. The van der Waals surface area contributed by atoms with E-state index in [1.807, 2.05) is 31.2 Å². The average Bonchev–Trinajstić information content (AvgIpc) is 2.86. The zero-order valence-electron chi connectivity index (χ0n) is 10.2. The highest BCUT2D eigenvalue weighted by Crippen LogP contribution is 2.34. The lowest BCUT2D eigenvalue weighted by molar-refractivity contribution is 0.944. The molecule has 0 amide bonds. The van der Waals surface area contributed by atoms with E-state index >= 15 is 0 Å². The van der Waals surface area contributed by atoms with Crippen LogP contribution < -0.4 is 10.2 Å². The van der Waals surface area contributed by atoms with E-state index in [0.29, 0.717) is 0 Å². The molecule has 18 heavy (non-hydrogen) atoms. The van der Waals surface area contributed by atoms with Crippen LogP contribution in [0.1, 0.15) is 6.92 Å². The van der Waals surface area contributed by atoms with Crippen LogP contribution in [0.4, 0.5) is 5.69 Å². The van der Waals surface area contributed by atoms with E-state index in [1.54, 1.807) is 0 Å². The van der Waals surface area contributed by atoms with Crippen LogP contribution in [-0.4, -0.2) is 25.6 Å². The van der Waals surface area contributed by atoms with E-state index in [-0.39, 0.29) is 0 Å². The fraction of sp³-hybridized carbons (Fsp3) is 0.308. The maximum Gasteiger partial charge on any atom is 0.198 e. The van der Waals surface area contributed by atoms with Gasteiger partial charge in [0.15, 0.2) is 5.96 Å². The van der Waals surface area contributed by atoms with E-state index in [1.165, 1.54) is 0 Å². The van der Waals surface area contributed by atoms with Crippen LogP contribution in [0.25, 0.3) is 0 Å². The number of benzene rings is 1. The Kier molecular flexibility index (Phi) is 4.83. The molecule has 1 heterocycles. The minimum atomic E-state index is 0.795. The summed E-state index contributed by atoms with van der Waals surface area (Å²) in [5.74, 6) is 0.931. The second kappa shape index (κ2) is 6.38. The van der Waals surface area contributed by atoms with Gasteiger partial charge in [0.25, 0.3) is 0 Å². The molecule has 0 saturated heterocycles. The summed E-state index contributed by atoms with van der Waals surface area (Å²) in [7, 11) is 0. The quantitative estimate of drug-likeness (QED) is 0.821. The number of anilines is 1. The lowest BCUT2D eigenvalue weighted by Gasteiger charge is -2.25. The van der Waals surface area contributed by atoms with Gasteiger partial charge in [0, 0.05) is 22.0 Å². The Morgan fingerprint density at radius 2 is 2.11 bits per heavy atom. The Labute approximate surface area is 124 Å². The van der Waals surface area contributed by atoms with Gasteiger partial charge in [-0.1, -0.05) is 18.2 Å². The van der Waals surface area contributed by atoms with Gasteiger partial charge in [-0.3, -0.25) is 4.99 Å². The summed E-state index contributed by atoms with van der Waals surface area (Å²) in [5.41, 5.74) is 1.10. The van der Waals surface area contributed by atoms with Crippen LogP contribution in [0.3, 0.4) is 0 Å². The van der Waals surface area contributed by atoms with E-state index in [0.717, 1.165) is 40.2 Å². The predicted molar refractivity (Wildman–Crippen MR) is 84.3 cm³/mol. The first-order valence-corrected chi connectivity index (χ1v) is 7.43. The maximum atomic E-state index is 4.50. The van der Waals surface area contributed by atoms with Gasteiger partial charge >= 0.3 is 0 Å². The Morgan fingerprint density at radius 1 is 1.39 bits per heavy atom. The van der Waals surface area contributed by atoms with Crippen molar-refractivity contribution in [3.8, 4) is 0 Å². The molecule has 0 unspecified atom stereocenters. The second-order valence-electron chi connectivity index (χ2n) is 3.88. The molecule has 1 aliphatic heterocycles. The van der Waals surface area contributed by atoms with Crippen LogP contribution >= 0.6 is 31.9 Å². The van der Waals surface area contributed by atoms with Crippen molar-refractivity contribution in [1.82, 2.24) is 5.32 Å². The van der Waals surface area contributed by atoms with Gasteiger partial charge in [-0.25, -0.2) is 0 Å². The Bertz CT molecular complexity index is 463. The summed E-state index contributed by atoms with van der Waals surface area (Å²) in [4.78, 5) is 6.67. The Morgan fingerprint density at radius 3 is 2.67 bits per heavy atom. The van der Waals surface area contributed by atoms with E-state index in [2.05, 4.69) is 53.1 Å². The predicted octanol–water partition coefficient (Wildman–Crippen LogP) is 3.55. The van der Waals surface area contributed by atoms with Crippen LogP contribution in [0.2, 0.25) is 0 Å². The molecule has 1 aromatic carbocycles. The highest BCUT2D eigenvalue weighted by Gasteiger charge is 2.19. The Hall–Kier alpha value is -0.810. The number of nitrogens with one attached hydrogen (secondary N) is 1. The molecule has 96 valence electrons. The first kappa shape index (κ1) is 13.6. The van der Waals surface area contributed by atoms with Gasteiger partial charge in [-0.05, 0) is 50.9 Å². The highest BCUT2D eigenvalue weighted by molar-refractivity contribution is 9.11. The number of hydrogen-bond acceptors (Lipinski definition) is 3. The molecule has 0 radical (unpaired) electrons. The van der Waals surface area contributed by atoms with Crippen LogP contribution in [0.15, 0.2) is 44.3 Å². The first-order valence-electron chi connectivity index (χ1n) is 5.85. The van der Waals surface area contributed by atoms with Crippen LogP contribution in [-0.2, 0) is 0 Å². The van der Waals surface area contributed by atoms with Crippen molar-refractivity contribution in [2.45, 2.75) is 6.92 Å². The SMILES string of the molecule is C/C=C/CN(C1=NCCN1)c1c(Br)cccc1Br. The standard InChI is InChI=1S/C13H15Br2N3/c1-2-3-9-18(13-16-7-8-17-13)12-10(14)5-4-6-11(12)15/h2-6H,7-9H2,1H3,(H,16,17)/b3-2+. The number of rotatable bonds is 3. The summed E-state index contributed by atoms with van der Waals surface area (Å²) in [6.07, 6.45) is 4.17. The van der Waals surface area contributed by atoms with Gasteiger partial charge in [-0.15, -0.1) is 0 Å². The molecule has 5 heteroatoms. The minimum Gasteiger partial charge on any atom is -0.354 e. The Balaban J connectivity index is 2.39. The third-order valence-corrected chi connectivity index (χ3v) is 3.92. The maximum absolute atomic E-state index is 4.50. The molecule has 0 saturated carbocycles. The number of aliphatic imine (C=N–C) groups is 1. The van der Waals surface area contributed by atoms with Gasteiger partial charge in [-0.2, -0.15) is 0 Å².